The van der Waals surface area contributed by atoms with Gasteiger partial charge in [0.05, 0.1) is 5.69 Å². The smallest absolute Gasteiger partial charge is 0.210 e. The molecule has 3 rings (SSSR count). The second kappa shape index (κ2) is 5.62. The lowest BCUT2D eigenvalue weighted by atomic mass is 10.1. The summed E-state index contributed by atoms with van der Waals surface area (Å²) in [5.41, 5.74) is 0.850. The van der Waals surface area contributed by atoms with E-state index in [4.69, 9.17) is 15.1 Å². The highest BCUT2D eigenvalue weighted by Crippen LogP contribution is 2.28. The summed E-state index contributed by atoms with van der Waals surface area (Å²) in [5, 5.41) is 12.7. The fraction of sp³-hybridized carbons (Fsp3) is 0.545. The molecule has 19 heavy (non-hydrogen) atoms. The third-order valence-electron chi connectivity index (χ3n) is 3.00. The van der Waals surface area contributed by atoms with Crippen molar-refractivity contribution in [3.8, 4) is 0 Å². The van der Waals surface area contributed by atoms with Crippen molar-refractivity contribution in [1.82, 2.24) is 20.0 Å². The fourth-order valence-electron chi connectivity index (χ4n) is 2.00. The van der Waals surface area contributed by atoms with Crippen molar-refractivity contribution >= 4 is 11.8 Å². The van der Waals surface area contributed by atoms with Crippen LogP contribution in [0, 0.1) is 0 Å². The summed E-state index contributed by atoms with van der Waals surface area (Å²) in [6.07, 6.45) is 4.70. The molecule has 0 saturated carbocycles. The molecule has 0 radical (unpaired) electrons. The molecule has 2 N–H and O–H groups in total. The molecule has 0 aromatic carbocycles. The number of aromatic nitrogens is 4. The molecule has 8 heteroatoms. The van der Waals surface area contributed by atoms with Crippen molar-refractivity contribution < 1.29 is 9.26 Å². The first-order valence-electron chi connectivity index (χ1n) is 6.18. The van der Waals surface area contributed by atoms with Crippen molar-refractivity contribution in [3.05, 3.63) is 23.8 Å². The molecule has 1 aliphatic rings. The van der Waals surface area contributed by atoms with E-state index in [0.29, 0.717) is 16.7 Å². The molecule has 102 valence electrons. The van der Waals surface area contributed by atoms with Crippen LogP contribution >= 0.6 is 11.8 Å². The number of ether oxygens (including phenoxy) is 1. The maximum absolute atomic E-state index is 6.02. The zero-order valence-electron chi connectivity index (χ0n) is 10.4. The first-order valence-corrected chi connectivity index (χ1v) is 7.17. The standard InChI is InChI=1S/C11H15N5O2S/c12-16-10(9-3-1-2-5-17-9)13-14-11(16)19-7-8-4-6-18-15-8/h4,6,9H,1-3,5,7,12H2. The Labute approximate surface area is 114 Å². The number of rotatable bonds is 4. The van der Waals surface area contributed by atoms with Gasteiger partial charge in [-0.1, -0.05) is 16.9 Å². The number of hydrogen-bond donors (Lipinski definition) is 1. The minimum atomic E-state index is -0.0346. The van der Waals surface area contributed by atoms with Crippen LogP contribution in [0.25, 0.3) is 0 Å². The van der Waals surface area contributed by atoms with Crippen molar-refractivity contribution in [1.29, 1.82) is 0 Å². The Morgan fingerprint density at radius 2 is 2.37 bits per heavy atom. The Hall–Kier alpha value is -1.54. The first kappa shape index (κ1) is 12.5. The van der Waals surface area contributed by atoms with Gasteiger partial charge in [0.15, 0.2) is 5.82 Å². The molecule has 0 aliphatic carbocycles. The van der Waals surface area contributed by atoms with E-state index in [2.05, 4.69) is 15.4 Å². The van der Waals surface area contributed by atoms with Gasteiger partial charge in [-0.05, 0) is 19.3 Å². The second-order valence-corrected chi connectivity index (χ2v) is 5.29. The lowest BCUT2D eigenvalue weighted by Gasteiger charge is -2.21. The van der Waals surface area contributed by atoms with E-state index in [1.807, 2.05) is 6.07 Å². The average Bonchev–Trinajstić information content (AvgIpc) is 3.07. The molecule has 1 saturated heterocycles. The lowest BCUT2D eigenvalue weighted by molar-refractivity contribution is 0.00780. The summed E-state index contributed by atoms with van der Waals surface area (Å²) >= 11 is 1.48. The summed E-state index contributed by atoms with van der Waals surface area (Å²) in [6.45, 7) is 0.763. The van der Waals surface area contributed by atoms with Gasteiger partial charge in [-0.15, -0.1) is 10.2 Å². The molecule has 1 fully saturated rings. The molecule has 0 spiro atoms. The van der Waals surface area contributed by atoms with E-state index >= 15 is 0 Å². The number of nitrogens with zero attached hydrogens (tertiary/aromatic N) is 4. The normalized spacial score (nSPS) is 19.7. The molecule has 3 heterocycles. The van der Waals surface area contributed by atoms with E-state index < -0.39 is 0 Å². The van der Waals surface area contributed by atoms with Gasteiger partial charge < -0.3 is 15.1 Å². The summed E-state index contributed by atoms with van der Waals surface area (Å²) in [4.78, 5) is 0. The number of hydrogen-bond acceptors (Lipinski definition) is 7. The third kappa shape index (κ3) is 2.74. The number of nitrogen functional groups attached to an aromatic ring is 1. The van der Waals surface area contributed by atoms with Gasteiger partial charge in [0.25, 0.3) is 0 Å². The second-order valence-electron chi connectivity index (χ2n) is 4.35. The van der Waals surface area contributed by atoms with E-state index in [-0.39, 0.29) is 6.10 Å². The maximum atomic E-state index is 6.02. The molecular weight excluding hydrogens is 266 g/mol. The van der Waals surface area contributed by atoms with Crippen LogP contribution in [-0.2, 0) is 10.5 Å². The zero-order chi connectivity index (χ0) is 13.1. The number of nitrogens with two attached hydrogens (primary N) is 1. The minimum absolute atomic E-state index is 0.0346. The van der Waals surface area contributed by atoms with Crippen LogP contribution in [-0.4, -0.2) is 26.6 Å². The predicted molar refractivity (Wildman–Crippen MR) is 68.8 cm³/mol. The van der Waals surface area contributed by atoms with Crippen molar-refractivity contribution in [2.75, 3.05) is 12.4 Å². The SMILES string of the molecule is Nn1c(SCc2ccon2)nnc1C1CCCCO1. The average molecular weight is 281 g/mol. The topological polar surface area (TPSA) is 92.0 Å². The third-order valence-corrected chi connectivity index (χ3v) is 3.98. The Morgan fingerprint density at radius 1 is 1.42 bits per heavy atom. The van der Waals surface area contributed by atoms with E-state index in [1.54, 1.807) is 6.26 Å². The van der Waals surface area contributed by atoms with Crippen LogP contribution in [0.4, 0.5) is 0 Å². The quantitative estimate of drug-likeness (QED) is 0.670. The summed E-state index contributed by atoms with van der Waals surface area (Å²) < 4.78 is 12.0. The van der Waals surface area contributed by atoms with Crippen molar-refractivity contribution in [3.63, 3.8) is 0 Å². The molecule has 2 aromatic heterocycles. The number of thioether (sulfide) groups is 1. The first-order chi connectivity index (χ1) is 9.34. The molecule has 1 unspecified atom stereocenters. The fourth-order valence-corrected chi connectivity index (χ4v) is 2.76. The molecule has 0 bridgehead atoms. The molecule has 7 nitrogen and oxygen atoms in total. The largest absolute Gasteiger partial charge is 0.370 e. The van der Waals surface area contributed by atoms with Crippen molar-refractivity contribution in [2.45, 2.75) is 36.3 Å². The van der Waals surface area contributed by atoms with Crippen LogP contribution in [0.1, 0.15) is 36.9 Å². The van der Waals surface area contributed by atoms with Gasteiger partial charge in [0, 0.05) is 18.4 Å². The Morgan fingerprint density at radius 3 is 3.11 bits per heavy atom. The van der Waals surface area contributed by atoms with Crippen LogP contribution < -0.4 is 5.84 Å². The highest BCUT2D eigenvalue weighted by molar-refractivity contribution is 7.98. The highest BCUT2D eigenvalue weighted by Gasteiger charge is 2.23. The minimum Gasteiger partial charge on any atom is -0.370 e. The van der Waals surface area contributed by atoms with Gasteiger partial charge >= 0.3 is 0 Å². The lowest BCUT2D eigenvalue weighted by Crippen LogP contribution is -2.21. The summed E-state index contributed by atoms with van der Waals surface area (Å²) in [7, 11) is 0. The molecular formula is C11H15N5O2S. The van der Waals surface area contributed by atoms with Gasteiger partial charge in [-0.3, -0.25) is 0 Å². The van der Waals surface area contributed by atoms with Crippen LogP contribution in [0.2, 0.25) is 0 Å². The maximum Gasteiger partial charge on any atom is 0.210 e. The molecule has 1 aliphatic heterocycles. The molecule has 1 atom stereocenters. The van der Waals surface area contributed by atoms with Crippen LogP contribution in [0.15, 0.2) is 22.0 Å². The van der Waals surface area contributed by atoms with Gasteiger partial charge in [-0.25, -0.2) is 4.68 Å². The predicted octanol–water partition coefficient (Wildman–Crippen LogP) is 1.51. The zero-order valence-corrected chi connectivity index (χ0v) is 11.2. The van der Waals surface area contributed by atoms with Gasteiger partial charge in [-0.2, -0.15) is 0 Å². The van der Waals surface area contributed by atoms with Crippen LogP contribution in [0.3, 0.4) is 0 Å². The van der Waals surface area contributed by atoms with E-state index in [1.165, 1.54) is 16.4 Å². The summed E-state index contributed by atoms with van der Waals surface area (Å²) in [5.74, 6) is 7.37. The Balaban J connectivity index is 1.67. The monoisotopic (exact) mass is 281 g/mol. The Kier molecular flexibility index (Phi) is 3.69. The Bertz CT molecular complexity index is 521. The van der Waals surface area contributed by atoms with E-state index in [9.17, 15) is 0 Å². The van der Waals surface area contributed by atoms with E-state index in [0.717, 1.165) is 31.6 Å². The van der Waals surface area contributed by atoms with Crippen molar-refractivity contribution in [2.24, 2.45) is 0 Å². The summed E-state index contributed by atoms with van der Waals surface area (Å²) in [6, 6.07) is 1.81. The molecule has 0 amide bonds. The van der Waals surface area contributed by atoms with Gasteiger partial charge in [0.2, 0.25) is 5.16 Å². The van der Waals surface area contributed by atoms with Crippen LogP contribution in [0.5, 0.6) is 0 Å². The molecule has 2 aromatic rings. The van der Waals surface area contributed by atoms with Gasteiger partial charge in [0.1, 0.15) is 12.4 Å². The highest BCUT2D eigenvalue weighted by atomic mass is 32.2.